The summed E-state index contributed by atoms with van der Waals surface area (Å²) in [6.45, 7) is 4.36. The predicted octanol–water partition coefficient (Wildman–Crippen LogP) is 3.43. The lowest BCUT2D eigenvalue weighted by atomic mass is 10.2. The standard InChI is InChI=1S/C21H22N6O2S/c1-14(13-29-3)26-20(28)17-11-7-8-12-18(17)22-21(26)30-15(2)19-23-24-25-27(19)16-9-5-4-6-10-16/h4-12,14-15H,13H2,1-3H3/t14-,15-/m0/s1. The van der Waals surface area contributed by atoms with Gasteiger partial charge in [-0.15, -0.1) is 5.10 Å². The molecule has 0 aliphatic rings. The quantitative estimate of drug-likeness (QED) is 0.333. The molecule has 8 nitrogen and oxygen atoms in total. The van der Waals surface area contributed by atoms with Crippen LogP contribution in [-0.2, 0) is 4.74 Å². The van der Waals surface area contributed by atoms with Crippen LogP contribution in [0.2, 0.25) is 0 Å². The van der Waals surface area contributed by atoms with Gasteiger partial charge in [-0.25, -0.2) is 4.98 Å². The highest BCUT2D eigenvalue weighted by atomic mass is 32.2. The summed E-state index contributed by atoms with van der Waals surface area (Å²) in [6, 6.07) is 16.9. The molecular formula is C21H22N6O2S. The molecule has 0 N–H and O–H groups in total. The van der Waals surface area contributed by atoms with Gasteiger partial charge in [0, 0.05) is 7.11 Å². The Morgan fingerprint density at radius 2 is 1.80 bits per heavy atom. The van der Waals surface area contributed by atoms with Crippen LogP contribution in [0.4, 0.5) is 0 Å². The van der Waals surface area contributed by atoms with E-state index in [9.17, 15) is 4.79 Å². The minimum absolute atomic E-state index is 0.0810. The molecule has 2 aromatic heterocycles. The number of nitrogens with zero attached hydrogens (tertiary/aromatic N) is 6. The average molecular weight is 423 g/mol. The van der Waals surface area contributed by atoms with Crippen LogP contribution in [0.3, 0.4) is 0 Å². The summed E-state index contributed by atoms with van der Waals surface area (Å²) in [4.78, 5) is 18.0. The molecule has 0 radical (unpaired) electrons. The van der Waals surface area contributed by atoms with E-state index in [1.54, 1.807) is 22.4 Å². The number of ether oxygens (including phenoxy) is 1. The molecule has 2 atom stereocenters. The average Bonchev–Trinajstić information content (AvgIpc) is 3.25. The van der Waals surface area contributed by atoms with Crippen LogP contribution in [0, 0.1) is 0 Å². The van der Waals surface area contributed by atoms with Gasteiger partial charge < -0.3 is 4.74 Å². The number of tetrazole rings is 1. The first-order valence-electron chi connectivity index (χ1n) is 9.60. The molecule has 0 bridgehead atoms. The number of hydrogen-bond acceptors (Lipinski definition) is 7. The molecule has 4 rings (SSSR count). The van der Waals surface area contributed by atoms with Crippen molar-refractivity contribution in [3.63, 3.8) is 0 Å². The van der Waals surface area contributed by atoms with E-state index in [2.05, 4.69) is 15.5 Å². The molecule has 0 aliphatic heterocycles. The molecule has 0 amide bonds. The van der Waals surface area contributed by atoms with Gasteiger partial charge in [-0.2, -0.15) is 4.68 Å². The molecule has 2 aromatic carbocycles. The second kappa shape index (κ2) is 8.76. The summed E-state index contributed by atoms with van der Waals surface area (Å²) < 4.78 is 8.71. The third-order valence-electron chi connectivity index (χ3n) is 4.76. The van der Waals surface area contributed by atoms with Crippen molar-refractivity contribution in [2.24, 2.45) is 0 Å². The summed E-state index contributed by atoms with van der Waals surface area (Å²) in [7, 11) is 1.62. The van der Waals surface area contributed by atoms with E-state index >= 15 is 0 Å². The van der Waals surface area contributed by atoms with Crippen molar-refractivity contribution >= 4 is 22.7 Å². The van der Waals surface area contributed by atoms with Gasteiger partial charge in [0.1, 0.15) is 0 Å². The molecule has 0 spiro atoms. The molecule has 0 saturated carbocycles. The van der Waals surface area contributed by atoms with Crippen LogP contribution in [0.15, 0.2) is 64.5 Å². The maximum atomic E-state index is 13.2. The normalized spacial score (nSPS) is 13.4. The van der Waals surface area contributed by atoms with Crippen LogP contribution in [0.5, 0.6) is 0 Å². The van der Waals surface area contributed by atoms with Gasteiger partial charge in [0.15, 0.2) is 11.0 Å². The highest BCUT2D eigenvalue weighted by molar-refractivity contribution is 7.99. The molecule has 0 unspecified atom stereocenters. The number of benzene rings is 2. The van der Waals surface area contributed by atoms with Crippen molar-refractivity contribution < 1.29 is 4.74 Å². The Hall–Kier alpha value is -3.04. The summed E-state index contributed by atoms with van der Waals surface area (Å²) >= 11 is 1.45. The molecule has 0 aliphatic carbocycles. The topological polar surface area (TPSA) is 87.7 Å². The van der Waals surface area contributed by atoms with Gasteiger partial charge >= 0.3 is 0 Å². The number of hydrogen-bond donors (Lipinski definition) is 0. The second-order valence-electron chi connectivity index (χ2n) is 6.94. The number of methoxy groups -OCH3 is 1. The first-order valence-corrected chi connectivity index (χ1v) is 10.5. The molecule has 30 heavy (non-hydrogen) atoms. The number of para-hydroxylation sites is 2. The van der Waals surface area contributed by atoms with E-state index in [1.165, 1.54) is 11.8 Å². The number of thioether (sulfide) groups is 1. The Balaban J connectivity index is 1.76. The van der Waals surface area contributed by atoms with Gasteiger partial charge in [-0.3, -0.25) is 9.36 Å². The van der Waals surface area contributed by atoms with Gasteiger partial charge in [-0.05, 0) is 48.5 Å². The van der Waals surface area contributed by atoms with Crippen molar-refractivity contribution in [2.45, 2.75) is 30.3 Å². The largest absolute Gasteiger partial charge is 0.383 e. The maximum absolute atomic E-state index is 13.2. The maximum Gasteiger partial charge on any atom is 0.262 e. The molecule has 2 heterocycles. The zero-order valence-corrected chi connectivity index (χ0v) is 17.8. The lowest BCUT2D eigenvalue weighted by molar-refractivity contribution is 0.156. The third-order valence-corrected chi connectivity index (χ3v) is 5.83. The summed E-state index contributed by atoms with van der Waals surface area (Å²) in [5.41, 5.74) is 1.46. The van der Waals surface area contributed by atoms with Crippen LogP contribution in [0.25, 0.3) is 16.6 Å². The Bertz CT molecular complexity index is 1210. The lowest BCUT2D eigenvalue weighted by Gasteiger charge is -2.20. The highest BCUT2D eigenvalue weighted by Crippen LogP contribution is 2.34. The zero-order chi connectivity index (χ0) is 21.1. The lowest BCUT2D eigenvalue weighted by Crippen LogP contribution is -2.28. The number of rotatable bonds is 7. The molecule has 154 valence electrons. The molecule has 0 fully saturated rings. The summed E-state index contributed by atoms with van der Waals surface area (Å²) in [5.74, 6) is 0.680. The van der Waals surface area contributed by atoms with Crippen molar-refractivity contribution in [2.75, 3.05) is 13.7 Å². The van der Waals surface area contributed by atoms with Gasteiger partial charge in [0.25, 0.3) is 5.56 Å². The van der Waals surface area contributed by atoms with E-state index in [-0.39, 0.29) is 16.9 Å². The molecular weight excluding hydrogens is 400 g/mol. The Morgan fingerprint density at radius 3 is 2.57 bits per heavy atom. The van der Waals surface area contributed by atoms with Gasteiger partial charge in [-0.1, -0.05) is 42.1 Å². The second-order valence-corrected chi connectivity index (χ2v) is 8.24. The molecule has 9 heteroatoms. The van der Waals surface area contributed by atoms with Crippen molar-refractivity contribution in [3.05, 3.63) is 70.8 Å². The molecule has 0 saturated heterocycles. The third kappa shape index (κ3) is 3.86. The van der Waals surface area contributed by atoms with Crippen molar-refractivity contribution in [3.8, 4) is 5.69 Å². The summed E-state index contributed by atoms with van der Waals surface area (Å²) in [5, 5.41) is 13.3. The van der Waals surface area contributed by atoms with Crippen molar-refractivity contribution in [1.29, 1.82) is 0 Å². The zero-order valence-electron chi connectivity index (χ0n) is 17.0. The van der Waals surface area contributed by atoms with Crippen LogP contribution in [-0.4, -0.2) is 43.5 Å². The number of fused-ring (bicyclic) bond motifs is 1. The van der Waals surface area contributed by atoms with Gasteiger partial charge in [0.05, 0.1) is 34.5 Å². The van der Waals surface area contributed by atoms with E-state index in [0.29, 0.717) is 28.5 Å². The van der Waals surface area contributed by atoms with E-state index in [0.717, 1.165) is 5.69 Å². The fraction of sp³-hybridized carbons (Fsp3) is 0.286. The van der Waals surface area contributed by atoms with Crippen LogP contribution < -0.4 is 5.56 Å². The highest BCUT2D eigenvalue weighted by Gasteiger charge is 2.22. The Labute approximate surface area is 177 Å². The first kappa shape index (κ1) is 20.2. The van der Waals surface area contributed by atoms with Crippen LogP contribution in [0.1, 0.15) is 31.0 Å². The number of aromatic nitrogens is 6. The minimum Gasteiger partial charge on any atom is -0.383 e. The van der Waals surface area contributed by atoms with E-state index < -0.39 is 0 Å². The van der Waals surface area contributed by atoms with Crippen molar-refractivity contribution in [1.82, 2.24) is 29.8 Å². The van der Waals surface area contributed by atoms with Crippen LogP contribution >= 0.6 is 11.8 Å². The van der Waals surface area contributed by atoms with Gasteiger partial charge in [0.2, 0.25) is 0 Å². The Kier molecular flexibility index (Phi) is 5.91. The smallest absolute Gasteiger partial charge is 0.262 e. The summed E-state index contributed by atoms with van der Waals surface area (Å²) in [6.07, 6.45) is 0. The first-order chi connectivity index (χ1) is 14.6. The minimum atomic E-state index is -0.167. The SMILES string of the molecule is COC[C@H](C)n1c(S[C@@H](C)c2nnnn2-c2ccccc2)nc2ccccc2c1=O. The van der Waals surface area contributed by atoms with E-state index in [4.69, 9.17) is 9.72 Å². The van der Waals surface area contributed by atoms with E-state index in [1.807, 2.05) is 62.4 Å². The molecule has 4 aromatic rings. The predicted molar refractivity (Wildman–Crippen MR) is 116 cm³/mol. The fourth-order valence-corrected chi connectivity index (χ4v) is 4.42. The fourth-order valence-electron chi connectivity index (χ4n) is 3.32. The Morgan fingerprint density at radius 1 is 1.07 bits per heavy atom. The monoisotopic (exact) mass is 422 g/mol.